The standard InChI is InChI=1S/C36H40N4O4S/c37-19-9-8-18-31(40-36(43)44-24-30-28-16-6-4-14-26(28)27-15-5-7-17-29(27)30)35(42)39-32(22-25-12-2-1-3-13-25)34(41)33(23-38)45-20-10-11-21-45/h1-7,12-17,30-32H,8-11,18-22,24,37H2,(H,39,42)(H,40,43)/t31-,32-/m0/s1. The zero-order valence-electron chi connectivity index (χ0n) is 25.4. The lowest BCUT2D eigenvalue weighted by atomic mass is 9.98. The molecular weight excluding hydrogens is 584 g/mol. The number of fused-ring (bicyclic) bond motifs is 3. The van der Waals surface area contributed by atoms with E-state index in [2.05, 4.69) is 28.8 Å². The number of hydrogen-bond acceptors (Lipinski definition) is 6. The first kappa shape index (κ1) is 32.1. The lowest BCUT2D eigenvalue weighted by Gasteiger charge is -2.23. The van der Waals surface area contributed by atoms with E-state index in [1.807, 2.05) is 66.7 Å². The van der Waals surface area contributed by atoms with E-state index in [1.165, 1.54) is 0 Å². The summed E-state index contributed by atoms with van der Waals surface area (Å²) in [4.78, 5) is 40.9. The Morgan fingerprint density at radius 2 is 1.49 bits per heavy atom. The second-order valence-corrected chi connectivity index (χ2v) is 13.7. The highest BCUT2D eigenvalue weighted by Gasteiger charge is 2.32. The van der Waals surface area contributed by atoms with Crippen molar-refractivity contribution in [1.82, 2.24) is 10.6 Å². The van der Waals surface area contributed by atoms with Crippen molar-refractivity contribution in [3.8, 4) is 17.2 Å². The monoisotopic (exact) mass is 624 g/mol. The van der Waals surface area contributed by atoms with Crippen LogP contribution in [-0.4, -0.2) is 59.4 Å². The minimum atomic E-state index is -0.933. The Labute approximate surface area is 267 Å². The molecule has 1 heterocycles. The predicted molar refractivity (Wildman–Crippen MR) is 179 cm³/mol. The number of alkyl carbamates (subject to hydrolysis) is 1. The van der Waals surface area contributed by atoms with Crippen LogP contribution in [0.25, 0.3) is 11.1 Å². The number of Topliss-reactive ketones (excluding diaryl/α,β-unsaturated/α-hetero) is 1. The number of ether oxygens (including phenoxy) is 1. The van der Waals surface area contributed by atoms with Crippen LogP contribution in [0.2, 0.25) is 0 Å². The summed E-state index contributed by atoms with van der Waals surface area (Å²) in [5.74, 6) is 0.706. The molecule has 0 spiro atoms. The van der Waals surface area contributed by atoms with Gasteiger partial charge in [-0.05, 0) is 78.0 Å². The molecular formula is C36H40N4O4S. The molecule has 1 saturated heterocycles. The third kappa shape index (κ3) is 7.88. The minimum Gasteiger partial charge on any atom is -0.449 e. The molecule has 0 saturated carbocycles. The van der Waals surface area contributed by atoms with Crippen molar-refractivity contribution >= 4 is 33.1 Å². The van der Waals surface area contributed by atoms with Gasteiger partial charge < -0.3 is 21.1 Å². The van der Waals surface area contributed by atoms with E-state index < -0.39 is 34.6 Å². The summed E-state index contributed by atoms with van der Waals surface area (Å²) in [5, 5.41) is 15.6. The first-order chi connectivity index (χ1) is 22.0. The van der Waals surface area contributed by atoms with Crippen LogP contribution in [0.1, 0.15) is 54.7 Å². The maximum atomic E-state index is 13.8. The summed E-state index contributed by atoms with van der Waals surface area (Å²) in [6.45, 7) is 0.576. The molecule has 45 heavy (non-hydrogen) atoms. The van der Waals surface area contributed by atoms with Gasteiger partial charge in [0.15, 0.2) is 0 Å². The Morgan fingerprint density at radius 3 is 2.11 bits per heavy atom. The highest BCUT2D eigenvalue weighted by molar-refractivity contribution is 8.17. The zero-order chi connectivity index (χ0) is 31.6. The second-order valence-electron chi connectivity index (χ2n) is 11.5. The van der Waals surface area contributed by atoms with Crippen LogP contribution >= 0.6 is 10.5 Å². The average Bonchev–Trinajstić information content (AvgIpc) is 3.71. The molecule has 0 radical (unpaired) electrons. The molecule has 1 aliphatic carbocycles. The number of benzene rings is 3. The molecule has 2 amide bonds. The van der Waals surface area contributed by atoms with Gasteiger partial charge in [0.2, 0.25) is 11.7 Å². The third-order valence-corrected chi connectivity index (χ3v) is 10.9. The smallest absolute Gasteiger partial charge is 0.407 e. The molecule has 5 rings (SSSR count). The van der Waals surface area contributed by atoms with E-state index in [1.54, 1.807) is 0 Å². The molecule has 9 heteroatoms. The third-order valence-electron chi connectivity index (χ3n) is 8.46. The van der Waals surface area contributed by atoms with E-state index in [-0.39, 0.29) is 29.6 Å². The van der Waals surface area contributed by atoms with Crippen LogP contribution in [0.15, 0.2) is 78.9 Å². The number of nitrogens with two attached hydrogens (primary N) is 1. The Hall–Kier alpha value is -4.26. The number of rotatable bonds is 13. The highest BCUT2D eigenvalue weighted by Crippen LogP contribution is 2.44. The molecule has 1 fully saturated rings. The van der Waals surface area contributed by atoms with Crippen LogP contribution in [0, 0.1) is 11.3 Å². The van der Waals surface area contributed by atoms with Crippen molar-refractivity contribution in [3.05, 3.63) is 95.6 Å². The molecule has 0 bridgehead atoms. The quantitative estimate of drug-likeness (QED) is 0.179. The van der Waals surface area contributed by atoms with Gasteiger partial charge in [-0.25, -0.2) is 4.79 Å². The molecule has 2 aliphatic rings. The molecule has 4 N–H and O–H groups in total. The molecule has 234 valence electrons. The molecule has 8 nitrogen and oxygen atoms in total. The fourth-order valence-corrected chi connectivity index (χ4v) is 8.43. The maximum Gasteiger partial charge on any atom is 0.407 e. The number of nitrogens with zero attached hydrogens (tertiary/aromatic N) is 1. The normalized spacial score (nSPS) is 15.3. The van der Waals surface area contributed by atoms with Crippen molar-refractivity contribution < 1.29 is 19.1 Å². The first-order valence-electron chi connectivity index (χ1n) is 15.6. The zero-order valence-corrected chi connectivity index (χ0v) is 26.2. The van der Waals surface area contributed by atoms with E-state index in [0.29, 0.717) is 25.8 Å². The van der Waals surface area contributed by atoms with Crippen molar-refractivity contribution in [1.29, 1.82) is 5.26 Å². The lowest BCUT2D eigenvalue weighted by Crippen LogP contribution is -2.53. The van der Waals surface area contributed by atoms with Crippen molar-refractivity contribution in [2.45, 2.75) is 56.5 Å². The van der Waals surface area contributed by atoms with Gasteiger partial charge in [-0.1, -0.05) is 78.9 Å². The Bertz CT molecular complexity index is 1550. The van der Waals surface area contributed by atoms with E-state index in [0.717, 1.165) is 52.2 Å². The Kier molecular flexibility index (Phi) is 11.2. The summed E-state index contributed by atoms with van der Waals surface area (Å²) in [6.07, 6.45) is 3.14. The van der Waals surface area contributed by atoms with Crippen LogP contribution in [0.4, 0.5) is 4.79 Å². The fourth-order valence-electron chi connectivity index (χ4n) is 6.15. The van der Waals surface area contributed by atoms with Gasteiger partial charge >= 0.3 is 6.09 Å². The van der Waals surface area contributed by atoms with Crippen LogP contribution < -0.4 is 16.4 Å². The summed E-state index contributed by atoms with van der Waals surface area (Å²) in [5.41, 5.74) is 11.0. The number of nitriles is 1. The highest BCUT2D eigenvalue weighted by atomic mass is 32.2. The molecule has 3 aromatic rings. The van der Waals surface area contributed by atoms with Crippen LogP contribution in [0.5, 0.6) is 0 Å². The molecule has 3 aromatic carbocycles. The van der Waals surface area contributed by atoms with Gasteiger partial charge in [-0.2, -0.15) is 15.7 Å². The topological polar surface area (TPSA) is 134 Å². The van der Waals surface area contributed by atoms with Crippen LogP contribution in [0.3, 0.4) is 0 Å². The summed E-state index contributed by atoms with van der Waals surface area (Å²) < 4.78 is 5.73. The van der Waals surface area contributed by atoms with E-state index in [9.17, 15) is 19.6 Å². The molecule has 0 unspecified atom stereocenters. The number of carbonyl (C=O) groups excluding carboxylic acids is 3. The second kappa shape index (κ2) is 15.6. The Balaban J connectivity index is 1.30. The van der Waals surface area contributed by atoms with Crippen LogP contribution in [-0.2, 0) is 20.7 Å². The first-order valence-corrected chi connectivity index (χ1v) is 17.2. The number of ketones is 1. The summed E-state index contributed by atoms with van der Waals surface area (Å²) in [7, 11) is -0.399. The van der Waals surface area contributed by atoms with Gasteiger partial charge in [-0.15, -0.1) is 0 Å². The predicted octanol–water partition coefficient (Wildman–Crippen LogP) is 5.08. The number of amides is 2. The van der Waals surface area contributed by atoms with Crippen molar-refractivity contribution in [2.24, 2.45) is 5.73 Å². The largest absolute Gasteiger partial charge is 0.449 e. The van der Waals surface area contributed by atoms with Gasteiger partial charge in [0.1, 0.15) is 23.6 Å². The number of carbonyl (C=O) groups is 3. The van der Waals surface area contributed by atoms with Gasteiger partial charge in [0.05, 0.1) is 6.04 Å². The minimum absolute atomic E-state index is 0.114. The van der Waals surface area contributed by atoms with Gasteiger partial charge in [0.25, 0.3) is 0 Å². The summed E-state index contributed by atoms with van der Waals surface area (Å²) in [6, 6.07) is 25.9. The number of unbranched alkanes of at least 4 members (excludes halogenated alkanes) is 1. The van der Waals surface area contributed by atoms with Crippen molar-refractivity contribution in [2.75, 3.05) is 24.7 Å². The van der Waals surface area contributed by atoms with Crippen molar-refractivity contribution in [3.63, 3.8) is 0 Å². The van der Waals surface area contributed by atoms with Gasteiger partial charge in [-0.3, -0.25) is 9.59 Å². The SMILES string of the molecule is N#CC(C(=O)[C@H](Cc1ccccc1)NC(=O)[C@H](CCCCN)NC(=O)OCC1c2ccccc2-c2ccccc21)=S1CCCC1. The molecule has 2 atom stereocenters. The maximum absolute atomic E-state index is 13.8. The fraction of sp³-hybridized carbons (Fsp3) is 0.361. The molecule has 1 aliphatic heterocycles. The van der Waals surface area contributed by atoms with E-state index in [4.69, 9.17) is 10.5 Å². The summed E-state index contributed by atoms with van der Waals surface area (Å²) >= 11 is 0. The van der Waals surface area contributed by atoms with Gasteiger partial charge in [0, 0.05) is 12.3 Å². The molecule has 0 aromatic heterocycles. The Morgan fingerprint density at radius 1 is 0.867 bits per heavy atom. The average molecular weight is 625 g/mol. The van der Waals surface area contributed by atoms with E-state index >= 15 is 0 Å². The number of hydrogen-bond donors (Lipinski definition) is 3. The number of nitrogens with one attached hydrogen (secondary N) is 2. The lowest BCUT2D eigenvalue weighted by molar-refractivity contribution is -0.126.